The van der Waals surface area contributed by atoms with Crippen LogP contribution in [0.15, 0.2) is 70.2 Å². The largest absolute Gasteiger partial charge is 0.484 e. The fourth-order valence-electron chi connectivity index (χ4n) is 2.11. The Labute approximate surface area is 160 Å². The number of rotatable bonds is 6. The predicted molar refractivity (Wildman–Crippen MR) is 102 cm³/mol. The van der Waals surface area contributed by atoms with Gasteiger partial charge in [0, 0.05) is 10.6 Å². The van der Waals surface area contributed by atoms with E-state index < -0.39 is 5.91 Å². The normalized spacial score (nSPS) is 10.8. The first-order valence-corrected chi connectivity index (χ1v) is 8.42. The monoisotopic (exact) mass is 388 g/mol. The van der Waals surface area contributed by atoms with Crippen molar-refractivity contribution in [1.29, 1.82) is 0 Å². The summed E-state index contributed by atoms with van der Waals surface area (Å²) in [5, 5.41) is 5.04. The molecular weight excluding hydrogens is 375 g/mol. The van der Waals surface area contributed by atoms with Crippen molar-refractivity contribution in [2.75, 3.05) is 6.61 Å². The number of nitrogens with zero attached hydrogens (tertiary/aromatic N) is 1. The third-order valence-corrected chi connectivity index (χ3v) is 3.91. The highest BCUT2D eigenvalue weighted by atomic mass is 35.5. The molecule has 0 saturated heterocycles. The summed E-state index contributed by atoms with van der Waals surface area (Å²) in [6.45, 7) is -0.165. The van der Waals surface area contributed by atoms with Gasteiger partial charge >= 0.3 is 0 Å². The van der Waals surface area contributed by atoms with Gasteiger partial charge in [-0.2, -0.15) is 5.10 Å². The number of hydrogen-bond donors (Lipinski definition) is 1. The van der Waals surface area contributed by atoms with Gasteiger partial charge in [-0.1, -0.05) is 35.3 Å². The zero-order valence-corrected chi connectivity index (χ0v) is 15.0. The number of hydrogen-bond acceptors (Lipinski definition) is 4. The zero-order valence-electron chi connectivity index (χ0n) is 13.5. The van der Waals surface area contributed by atoms with Crippen LogP contribution < -0.4 is 10.2 Å². The molecule has 0 radical (unpaired) electrons. The van der Waals surface area contributed by atoms with Gasteiger partial charge in [0.1, 0.15) is 17.3 Å². The molecule has 132 valence electrons. The molecule has 3 aromatic rings. The van der Waals surface area contributed by atoms with E-state index in [1.807, 2.05) is 18.2 Å². The molecule has 1 aromatic heterocycles. The molecule has 0 spiro atoms. The molecule has 1 amide bonds. The summed E-state index contributed by atoms with van der Waals surface area (Å²) in [7, 11) is 0. The molecule has 2 aromatic carbocycles. The van der Waals surface area contributed by atoms with Crippen LogP contribution in [0, 0.1) is 0 Å². The van der Waals surface area contributed by atoms with Crippen LogP contribution in [0.3, 0.4) is 0 Å². The van der Waals surface area contributed by atoms with E-state index in [1.54, 1.807) is 42.5 Å². The molecule has 5 nitrogen and oxygen atoms in total. The average Bonchev–Trinajstić information content (AvgIpc) is 3.10. The summed E-state index contributed by atoms with van der Waals surface area (Å²) < 4.78 is 11.0. The lowest BCUT2D eigenvalue weighted by molar-refractivity contribution is -0.123. The topological polar surface area (TPSA) is 63.8 Å². The summed E-state index contributed by atoms with van der Waals surface area (Å²) >= 11 is 11.9. The minimum Gasteiger partial charge on any atom is -0.484 e. The van der Waals surface area contributed by atoms with Gasteiger partial charge in [-0.05, 0) is 48.5 Å². The number of carbonyl (C=O) groups excluding carboxylic acids is 1. The Morgan fingerprint density at radius 2 is 1.85 bits per heavy atom. The molecule has 0 atom stereocenters. The summed E-state index contributed by atoms with van der Waals surface area (Å²) in [6, 6.07) is 17.6. The maximum Gasteiger partial charge on any atom is 0.277 e. The maximum absolute atomic E-state index is 11.7. The Hall–Kier alpha value is -2.76. The Balaban J connectivity index is 1.51. The lowest BCUT2D eigenvalue weighted by Crippen LogP contribution is -2.24. The standard InChI is InChI=1S/C19H14Cl2N2O3/c20-13-5-7-14(8-6-13)25-12-19(24)23-22-11-15-9-10-18(26-15)16-3-1-2-4-17(16)21/h1-11H,12H2,(H,23,24)/b22-11-. The Kier molecular flexibility index (Phi) is 5.94. The number of carbonyl (C=O) groups is 1. The molecule has 0 aliphatic carbocycles. The van der Waals surface area contributed by atoms with Crippen LogP contribution in [0.4, 0.5) is 0 Å². The third-order valence-electron chi connectivity index (χ3n) is 3.33. The Bertz CT molecular complexity index is 921. The van der Waals surface area contributed by atoms with Crippen molar-refractivity contribution in [2.24, 2.45) is 5.10 Å². The minimum absolute atomic E-state index is 0.165. The quantitative estimate of drug-likeness (QED) is 0.487. The van der Waals surface area contributed by atoms with Gasteiger partial charge in [-0.15, -0.1) is 0 Å². The van der Waals surface area contributed by atoms with Crippen LogP contribution in [0.1, 0.15) is 5.76 Å². The van der Waals surface area contributed by atoms with Crippen molar-refractivity contribution in [3.05, 3.63) is 76.5 Å². The first kappa shape index (κ1) is 18.0. The fourth-order valence-corrected chi connectivity index (χ4v) is 2.46. The number of furan rings is 1. The van der Waals surface area contributed by atoms with Crippen LogP contribution in [-0.2, 0) is 4.79 Å². The molecule has 1 N–H and O–H groups in total. The molecule has 7 heteroatoms. The van der Waals surface area contributed by atoms with Gasteiger partial charge in [-0.3, -0.25) is 4.79 Å². The smallest absolute Gasteiger partial charge is 0.277 e. The molecule has 26 heavy (non-hydrogen) atoms. The van der Waals surface area contributed by atoms with Crippen LogP contribution in [-0.4, -0.2) is 18.7 Å². The van der Waals surface area contributed by atoms with E-state index in [0.717, 1.165) is 5.56 Å². The van der Waals surface area contributed by atoms with Crippen LogP contribution in [0.2, 0.25) is 10.0 Å². The highest BCUT2D eigenvalue weighted by Gasteiger charge is 2.07. The summed E-state index contributed by atoms with van der Waals surface area (Å²) in [5.74, 6) is 1.26. The van der Waals surface area contributed by atoms with E-state index in [1.165, 1.54) is 6.21 Å². The summed E-state index contributed by atoms with van der Waals surface area (Å²) in [5.41, 5.74) is 3.15. The third kappa shape index (κ3) is 4.88. The molecule has 0 unspecified atom stereocenters. The molecule has 0 bridgehead atoms. The second kappa shape index (κ2) is 8.56. The minimum atomic E-state index is -0.394. The van der Waals surface area contributed by atoms with Crippen molar-refractivity contribution < 1.29 is 13.9 Å². The molecular formula is C19H14Cl2N2O3. The zero-order chi connectivity index (χ0) is 18.4. The molecule has 0 fully saturated rings. The van der Waals surface area contributed by atoms with Crippen molar-refractivity contribution in [1.82, 2.24) is 5.43 Å². The molecule has 0 saturated carbocycles. The lowest BCUT2D eigenvalue weighted by Gasteiger charge is -2.04. The number of halogens is 2. The van der Waals surface area contributed by atoms with Crippen molar-refractivity contribution in [2.45, 2.75) is 0 Å². The van der Waals surface area contributed by atoms with Crippen molar-refractivity contribution in [3.8, 4) is 17.1 Å². The van der Waals surface area contributed by atoms with E-state index >= 15 is 0 Å². The van der Waals surface area contributed by atoms with Gasteiger partial charge in [0.2, 0.25) is 0 Å². The first-order chi connectivity index (χ1) is 12.6. The first-order valence-electron chi connectivity index (χ1n) is 7.67. The second-order valence-electron chi connectivity index (χ2n) is 5.22. The molecule has 0 aliphatic rings. The van der Waals surface area contributed by atoms with Crippen LogP contribution in [0.25, 0.3) is 11.3 Å². The van der Waals surface area contributed by atoms with Crippen molar-refractivity contribution in [3.63, 3.8) is 0 Å². The highest BCUT2D eigenvalue weighted by Crippen LogP contribution is 2.28. The second-order valence-corrected chi connectivity index (χ2v) is 6.06. The van der Waals surface area contributed by atoms with Crippen LogP contribution >= 0.6 is 23.2 Å². The van der Waals surface area contributed by atoms with Gasteiger partial charge < -0.3 is 9.15 Å². The number of benzene rings is 2. The number of amides is 1. The highest BCUT2D eigenvalue weighted by molar-refractivity contribution is 6.33. The van der Waals surface area contributed by atoms with E-state index in [-0.39, 0.29) is 6.61 Å². The van der Waals surface area contributed by atoms with Gasteiger partial charge in [-0.25, -0.2) is 5.43 Å². The van der Waals surface area contributed by atoms with E-state index in [9.17, 15) is 4.79 Å². The maximum atomic E-state index is 11.7. The SMILES string of the molecule is O=C(COc1ccc(Cl)cc1)N/N=C\c1ccc(-c2ccccc2Cl)o1. The summed E-state index contributed by atoms with van der Waals surface area (Å²) in [6.07, 6.45) is 1.40. The number of hydrazone groups is 1. The van der Waals surface area contributed by atoms with Gasteiger partial charge in [0.15, 0.2) is 6.61 Å². The Morgan fingerprint density at radius 3 is 2.62 bits per heavy atom. The Morgan fingerprint density at radius 1 is 1.08 bits per heavy atom. The lowest BCUT2D eigenvalue weighted by atomic mass is 10.2. The van der Waals surface area contributed by atoms with Crippen LogP contribution in [0.5, 0.6) is 5.75 Å². The number of nitrogens with one attached hydrogen (secondary N) is 1. The number of ether oxygens (including phenoxy) is 1. The van der Waals surface area contributed by atoms with E-state index in [4.69, 9.17) is 32.4 Å². The van der Waals surface area contributed by atoms with Crippen molar-refractivity contribution >= 4 is 35.3 Å². The van der Waals surface area contributed by atoms with Gasteiger partial charge in [0.25, 0.3) is 5.91 Å². The predicted octanol–water partition coefficient (Wildman–Crippen LogP) is 4.78. The summed E-state index contributed by atoms with van der Waals surface area (Å²) in [4.78, 5) is 11.7. The molecule has 3 rings (SSSR count). The molecule has 1 heterocycles. The van der Waals surface area contributed by atoms with E-state index in [0.29, 0.717) is 27.3 Å². The van der Waals surface area contributed by atoms with Gasteiger partial charge in [0.05, 0.1) is 11.2 Å². The average molecular weight is 389 g/mol. The fraction of sp³-hybridized carbons (Fsp3) is 0.0526. The molecule has 0 aliphatic heterocycles. The van der Waals surface area contributed by atoms with E-state index in [2.05, 4.69) is 10.5 Å².